The van der Waals surface area contributed by atoms with Gasteiger partial charge in [-0.15, -0.1) is 0 Å². The summed E-state index contributed by atoms with van der Waals surface area (Å²) in [6.45, 7) is 7.28. The lowest BCUT2D eigenvalue weighted by molar-refractivity contribution is 0.0525. The van der Waals surface area contributed by atoms with Crippen LogP contribution in [0.3, 0.4) is 0 Å². The van der Waals surface area contributed by atoms with E-state index in [9.17, 15) is 4.79 Å². The third-order valence-electron chi connectivity index (χ3n) is 4.24. The van der Waals surface area contributed by atoms with Crippen molar-refractivity contribution < 1.29 is 9.53 Å². The van der Waals surface area contributed by atoms with Gasteiger partial charge < -0.3 is 4.74 Å². The number of carbonyl (C=O) groups is 1. The third-order valence-corrected chi connectivity index (χ3v) is 6.19. The molecule has 3 rings (SSSR count). The first kappa shape index (κ1) is 18.6. The second-order valence-electron chi connectivity index (χ2n) is 7.58. The van der Waals surface area contributed by atoms with Crippen molar-refractivity contribution in [3.05, 3.63) is 65.4 Å². The van der Waals surface area contributed by atoms with Gasteiger partial charge >= 0.3 is 5.97 Å². The number of hydrogen-bond acceptors (Lipinski definition) is 3. The summed E-state index contributed by atoms with van der Waals surface area (Å²) < 4.78 is 5.48. The molecule has 0 aliphatic rings. The largest absolute Gasteiger partial charge is 0.462 e. The Bertz CT molecular complexity index is 933. The maximum Gasteiger partial charge on any atom is 0.338 e. The van der Waals surface area contributed by atoms with Crippen LogP contribution in [0.15, 0.2) is 54.9 Å². The molecule has 1 heterocycles. The molecule has 0 saturated heterocycles. The minimum Gasteiger partial charge on any atom is -0.462 e. The van der Waals surface area contributed by atoms with E-state index in [0.29, 0.717) is 17.2 Å². The standard InChI is InChI=1S/C21H22ClNO2Si/c1-26(2,3)11-10-25-21(24)16-4-5-17-13-23-14-20(19(17)12-16)15-6-8-18(22)9-7-15/h4-9,12-14H,10-11H2,1-3H3. The highest BCUT2D eigenvalue weighted by molar-refractivity contribution is 6.76. The smallest absolute Gasteiger partial charge is 0.338 e. The Kier molecular flexibility index (Phi) is 5.44. The third kappa shape index (κ3) is 4.51. The number of ether oxygens (including phenoxy) is 1. The van der Waals surface area contributed by atoms with Gasteiger partial charge in [0.2, 0.25) is 0 Å². The van der Waals surface area contributed by atoms with Gasteiger partial charge in [0.1, 0.15) is 0 Å². The van der Waals surface area contributed by atoms with Gasteiger partial charge in [-0.25, -0.2) is 4.79 Å². The lowest BCUT2D eigenvalue weighted by Crippen LogP contribution is -2.22. The van der Waals surface area contributed by atoms with Gasteiger partial charge in [0, 0.05) is 36.4 Å². The zero-order valence-electron chi connectivity index (χ0n) is 15.3. The van der Waals surface area contributed by atoms with Crippen LogP contribution in [-0.2, 0) is 4.74 Å². The van der Waals surface area contributed by atoms with Crippen molar-refractivity contribution in [2.24, 2.45) is 0 Å². The first-order chi connectivity index (χ1) is 12.3. The van der Waals surface area contributed by atoms with E-state index in [4.69, 9.17) is 16.3 Å². The van der Waals surface area contributed by atoms with Crippen molar-refractivity contribution in [2.45, 2.75) is 25.7 Å². The fourth-order valence-electron chi connectivity index (χ4n) is 2.68. The highest BCUT2D eigenvalue weighted by Gasteiger charge is 2.15. The molecule has 0 spiro atoms. The summed E-state index contributed by atoms with van der Waals surface area (Å²) in [5.74, 6) is -0.274. The van der Waals surface area contributed by atoms with Crippen LogP contribution in [0.4, 0.5) is 0 Å². The Morgan fingerprint density at radius 3 is 2.50 bits per heavy atom. The van der Waals surface area contributed by atoms with Crippen LogP contribution in [0.25, 0.3) is 21.9 Å². The van der Waals surface area contributed by atoms with Crippen molar-refractivity contribution in [3.63, 3.8) is 0 Å². The molecule has 0 aliphatic heterocycles. The predicted molar refractivity (Wildman–Crippen MR) is 111 cm³/mol. The van der Waals surface area contributed by atoms with Gasteiger partial charge in [-0.1, -0.05) is 49.4 Å². The first-order valence-corrected chi connectivity index (χ1v) is 12.7. The number of pyridine rings is 1. The van der Waals surface area contributed by atoms with Gasteiger partial charge in [0.25, 0.3) is 0 Å². The van der Waals surface area contributed by atoms with E-state index in [-0.39, 0.29) is 5.97 Å². The average Bonchev–Trinajstić information content (AvgIpc) is 2.60. The first-order valence-electron chi connectivity index (χ1n) is 8.64. The Labute approximate surface area is 160 Å². The number of benzene rings is 2. The highest BCUT2D eigenvalue weighted by atomic mass is 35.5. The lowest BCUT2D eigenvalue weighted by Gasteiger charge is -2.15. The molecular formula is C21H22ClNO2Si. The van der Waals surface area contributed by atoms with Crippen molar-refractivity contribution in [1.29, 1.82) is 0 Å². The minimum absolute atomic E-state index is 0.274. The monoisotopic (exact) mass is 383 g/mol. The predicted octanol–water partition coefficient (Wildman–Crippen LogP) is 6.05. The van der Waals surface area contributed by atoms with Gasteiger partial charge in [0.05, 0.1) is 12.2 Å². The number of rotatable bonds is 5. The zero-order valence-corrected chi connectivity index (χ0v) is 17.0. The number of fused-ring (bicyclic) bond motifs is 1. The van der Waals surface area contributed by atoms with Crippen molar-refractivity contribution in [3.8, 4) is 11.1 Å². The minimum atomic E-state index is -1.22. The van der Waals surface area contributed by atoms with Gasteiger partial charge in [-0.05, 0) is 41.3 Å². The summed E-state index contributed by atoms with van der Waals surface area (Å²) in [6.07, 6.45) is 3.61. The fraction of sp³-hybridized carbons (Fsp3) is 0.238. The summed E-state index contributed by atoms with van der Waals surface area (Å²) in [4.78, 5) is 16.7. The Balaban J connectivity index is 1.91. The topological polar surface area (TPSA) is 39.2 Å². The Hall–Kier alpha value is -2.17. The SMILES string of the molecule is C[Si](C)(C)CCOC(=O)c1ccc2cncc(-c3ccc(Cl)cc3)c2c1. The van der Waals surface area contributed by atoms with Gasteiger partial charge in [-0.2, -0.15) is 0 Å². The van der Waals surface area contributed by atoms with Crippen LogP contribution in [0.5, 0.6) is 0 Å². The summed E-state index contributed by atoms with van der Waals surface area (Å²) in [5.41, 5.74) is 2.54. The zero-order chi connectivity index (χ0) is 18.7. The molecule has 5 heteroatoms. The molecule has 2 aromatic carbocycles. The number of esters is 1. The fourth-order valence-corrected chi connectivity index (χ4v) is 3.52. The van der Waals surface area contributed by atoms with Crippen LogP contribution >= 0.6 is 11.6 Å². The van der Waals surface area contributed by atoms with Crippen molar-refractivity contribution in [2.75, 3.05) is 6.61 Å². The molecule has 1 aromatic heterocycles. The van der Waals surface area contributed by atoms with Crippen LogP contribution in [-0.4, -0.2) is 25.6 Å². The van der Waals surface area contributed by atoms with Crippen LogP contribution < -0.4 is 0 Å². The maximum atomic E-state index is 12.4. The molecular weight excluding hydrogens is 362 g/mol. The molecule has 134 valence electrons. The molecule has 0 unspecified atom stereocenters. The highest BCUT2D eigenvalue weighted by Crippen LogP contribution is 2.29. The van der Waals surface area contributed by atoms with Crippen LogP contribution in [0.2, 0.25) is 30.7 Å². The van der Waals surface area contributed by atoms with Gasteiger partial charge in [0.15, 0.2) is 0 Å². The summed E-state index contributed by atoms with van der Waals surface area (Å²) in [7, 11) is -1.22. The molecule has 3 aromatic rings. The normalized spacial score (nSPS) is 11.5. The van der Waals surface area contributed by atoms with Crippen molar-refractivity contribution in [1.82, 2.24) is 4.98 Å². The van der Waals surface area contributed by atoms with Crippen molar-refractivity contribution >= 4 is 36.4 Å². The molecule has 0 amide bonds. The molecule has 0 radical (unpaired) electrons. The van der Waals surface area contributed by atoms with E-state index >= 15 is 0 Å². The Morgan fingerprint density at radius 2 is 1.81 bits per heavy atom. The van der Waals surface area contributed by atoms with E-state index in [0.717, 1.165) is 27.9 Å². The van der Waals surface area contributed by atoms with E-state index in [2.05, 4.69) is 24.6 Å². The number of aromatic nitrogens is 1. The molecule has 3 nitrogen and oxygen atoms in total. The molecule has 0 bridgehead atoms. The summed E-state index contributed by atoms with van der Waals surface area (Å²) in [5, 5.41) is 2.65. The molecule has 0 saturated carbocycles. The van der Waals surface area contributed by atoms with Crippen LogP contribution in [0.1, 0.15) is 10.4 Å². The number of halogens is 1. The molecule has 0 N–H and O–H groups in total. The van der Waals surface area contributed by atoms with Crippen LogP contribution in [0, 0.1) is 0 Å². The second kappa shape index (κ2) is 7.60. The quantitative estimate of drug-likeness (QED) is 0.397. The molecule has 0 atom stereocenters. The average molecular weight is 384 g/mol. The maximum absolute atomic E-state index is 12.4. The van der Waals surface area contributed by atoms with E-state index < -0.39 is 8.07 Å². The lowest BCUT2D eigenvalue weighted by atomic mass is 9.99. The molecule has 0 fully saturated rings. The van der Waals surface area contributed by atoms with E-state index in [1.54, 1.807) is 12.3 Å². The molecule has 0 aliphatic carbocycles. The summed E-state index contributed by atoms with van der Waals surface area (Å²) in [6, 6.07) is 14.2. The molecule has 26 heavy (non-hydrogen) atoms. The number of carbonyl (C=O) groups excluding carboxylic acids is 1. The summed E-state index contributed by atoms with van der Waals surface area (Å²) >= 11 is 5.99. The van der Waals surface area contributed by atoms with Gasteiger partial charge in [-0.3, -0.25) is 4.98 Å². The van der Waals surface area contributed by atoms with E-state index in [1.165, 1.54) is 0 Å². The second-order valence-corrected chi connectivity index (χ2v) is 13.6. The number of nitrogens with zero attached hydrogens (tertiary/aromatic N) is 1. The Morgan fingerprint density at radius 1 is 1.08 bits per heavy atom. The number of hydrogen-bond donors (Lipinski definition) is 0. The van der Waals surface area contributed by atoms with E-state index in [1.807, 2.05) is 42.6 Å².